The monoisotopic (exact) mass is 347 g/mol. The van der Waals surface area contributed by atoms with Gasteiger partial charge in [0.2, 0.25) is 5.91 Å². The average Bonchev–Trinajstić information content (AvgIpc) is 2.65. The van der Waals surface area contributed by atoms with E-state index in [-0.39, 0.29) is 11.8 Å². The third-order valence-corrected chi connectivity index (χ3v) is 4.51. The van der Waals surface area contributed by atoms with Crippen LogP contribution in [0.3, 0.4) is 0 Å². The van der Waals surface area contributed by atoms with Gasteiger partial charge in [-0.15, -0.1) is 0 Å². The maximum atomic E-state index is 12.4. The van der Waals surface area contributed by atoms with Gasteiger partial charge in [-0.05, 0) is 47.4 Å². The minimum Gasteiger partial charge on any atom is -0.492 e. The Kier molecular flexibility index (Phi) is 5.90. The number of benzene rings is 3. The van der Waals surface area contributed by atoms with Crippen LogP contribution in [0.2, 0.25) is 0 Å². The summed E-state index contributed by atoms with van der Waals surface area (Å²) in [5.74, 6) is 0.814. The number of amides is 1. The quantitative estimate of drug-likeness (QED) is 0.638. The molecule has 3 rings (SSSR count). The predicted molar refractivity (Wildman–Crippen MR) is 106 cm³/mol. The predicted octanol–water partition coefficient (Wildman–Crippen LogP) is 4.52. The summed E-state index contributed by atoms with van der Waals surface area (Å²) in [6.45, 7) is 4.98. The summed E-state index contributed by atoms with van der Waals surface area (Å²) in [5.41, 5.74) is 2.37. The highest BCUT2D eigenvalue weighted by Crippen LogP contribution is 2.21. The zero-order chi connectivity index (χ0) is 18.4. The highest BCUT2D eigenvalue weighted by atomic mass is 16.5. The summed E-state index contributed by atoms with van der Waals surface area (Å²) in [4.78, 5) is 12.4. The van der Waals surface area contributed by atoms with Crippen LogP contribution in [0.1, 0.15) is 18.1 Å². The number of rotatable bonds is 7. The molecule has 0 aliphatic rings. The number of fused-ring (bicyclic) bond motifs is 1. The van der Waals surface area contributed by atoms with E-state index in [1.807, 2.05) is 50.2 Å². The normalized spacial score (nSPS) is 11.9. The van der Waals surface area contributed by atoms with Crippen molar-refractivity contribution in [3.05, 3.63) is 77.9 Å². The maximum absolute atomic E-state index is 12.4. The second-order valence-electron chi connectivity index (χ2n) is 6.70. The smallest absolute Gasteiger partial charge is 0.223 e. The lowest BCUT2D eigenvalue weighted by molar-refractivity contribution is -0.124. The summed E-state index contributed by atoms with van der Waals surface area (Å²) in [6.07, 6.45) is 0.728. The fourth-order valence-electron chi connectivity index (χ4n) is 3.12. The van der Waals surface area contributed by atoms with Gasteiger partial charge in [-0.25, -0.2) is 0 Å². The van der Waals surface area contributed by atoms with Crippen LogP contribution in [0.4, 0.5) is 0 Å². The Hall–Kier alpha value is -2.81. The van der Waals surface area contributed by atoms with Crippen molar-refractivity contribution in [1.82, 2.24) is 5.32 Å². The van der Waals surface area contributed by atoms with Crippen molar-refractivity contribution in [2.75, 3.05) is 13.2 Å². The number of ether oxygens (including phenoxy) is 1. The second kappa shape index (κ2) is 8.52. The molecule has 3 aromatic rings. The summed E-state index contributed by atoms with van der Waals surface area (Å²) < 4.78 is 5.68. The Morgan fingerprint density at radius 2 is 1.81 bits per heavy atom. The molecule has 0 unspecified atom stereocenters. The molecule has 0 aliphatic heterocycles. The number of hydrogen-bond acceptors (Lipinski definition) is 2. The Labute approximate surface area is 155 Å². The number of aryl methyl sites for hydroxylation is 1. The lowest BCUT2D eigenvalue weighted by Crippen LogP contribution is -2.33. The zero-order valence-corrected chi connectivity index (χ0v) is 15.4. The Morgan fingerprint density at radius 1 is 1.04 bits per heavy atom. The molecule has 0 saturated heterocycles. The molecule has 1 atom stereocenters. The molecule has 134 valence electrons. The van der Waals surface area contributed by atoms with E-state index in [4.69, 9.17) is 4.74 Å². The van der Waals surface area contributed by atoms with E-state index in [1.54, 1.807) is 0 Å². The number of carbonyl (C=O) groups excluding carboxylic acids is 1. The Morgan fingerprint density at radius 3 is 2.65 bits per heavy atom. The van der Waals surface area contributed by atoms with Crippen LogP contribution in [0.5, 0.6) is 5.75 Å². The van der Waals surface area contributed by atoms with Crippen molar-refractivity contribution in [3.63, 3.8) is 0 Å². The molecule has 3 aromatic carbocycles. The molecule has 3 nitrogen and oxygen atoms in total. The topological polar surface area (TPSA) is 38.3 Å². The molecular weight excluding hydrogens is 322 g/mol. The highest BCUT2D eigenvalue weighted by Gasteiger charge is 2.14. The van der Waals surface area contributed by atoms with Crippen molar-refractivity contribution >= 4 is 16.7 Å². The molecule has 0 heterocycles. The van der Waals surface area contributed by atoms with E-state index in [1.165, 1.54) is 16.3 Å². The molecular formula is C23H25NO2. The highest BCUT2D eigenvalue weighted by molar-refractivity contribution is 5.86. The van der Waals surface area contributed by atoms with Gasteiger partial charge in [-0.2, -0.15) is 0 Å². The first kappa shape index (κ1) is 18.0. The minimum absolute atomic E-state index is 0.0609. The third kappa shape index (κ3) is 4.63. The van der Waals surface area contributed by atoms with Crippen LogP contribution in [-0.4, -0.2) is 19.1 Å². The molecule has 0 saturated carbocycles. The largest absolute Gasteiger partial charge is 0.492 e. The minimum atomic E-state index is -0.0835. The Bertz CT molecular complexity index is 883. The van der Waals surface area contributed by atoms with Gasteiger partial charge in [0, 0.05) is 5.92 Å². The van der Waals surface area contributed by atoms with Gasteiger partial charge in [0.1, 0.15) is 12.4 Å². The molecule has 0 fully saturated rings. The lowest BCUT2D eigenvalue weighted by Gasteiger charge is -2.14. The van der Waals surface area contributed by atoms with E-state index in [2.05, 4.69) is 35.6 Å². The maximum Gasteiger partial charge on any atom is 0.223 e. The second-order valence-corrected chi connectivity index (χ2v) is 6.70. The molecule has 0 bridgehead atoms. The van der Waals surface area contributed by atoms with E-state index in [0.717, 1.165) is 17.7 Å². The molecule has 0 radical (unpaired) electrons. The fourth-order valence-corrected chi connectivity index (χ4v) is 3.12. The van der Waals surface area contributed by atoms with Gasteiger partial charge >= 0.3 is 0 Å². The number of nitrogens with one attached hydrogen (secondary N) is 1. The van der Waals surface area contributed by atoms with Crippen LogP contribution in [0, 0.1) is 12.8 Å². The van der Waals surface area contributed by atoms with Gasteiger partial charge in [0.15, 0.2) is 0 Å². The number of hydrogen-bond donors (Lipinski definition) is 1. The summed E-state index contributed by atoms with van der Waals surface area (Å²) >= 11 is 0. The zero-order valence-electron chi connectivity index (χ0n) is 15.4. The van der Waals surface area contributed by atoms with E-state index >= 15 is 0 Å². The van der Waals surface area contributed by atoms with Crippen molar-refractivity contribution < 1.29 is 9.53 Å². The van der Waals surface area contributed by atoms with Crippen LogP contribution in [0.15, 0.2) is 66.7 Å². The molecule has 1 N–H and O–H groups in total. The van der Waals surface area contributed by atoms with Crippen LogP contribution in [0.25, 0.3) is 10.8 Å². The van der Waals surface area contributed by atoms with Crippen molar-refractivity contribution in [3.8, 4) is 5.75 Å². The summed E-state index contributed by atoms with van der Waals surface area (Å²) in [7, 11) is 0. The van der Waals surface area contributed by atoms with Crippen LogP contribution in [-0.2, 0) is 11.2 Å². The average molecular weight is 347 g/mol. The molecule has 26 heavy (non-hydrogen) atoms. The van der Waals surface area contributed by atoms with E-state index in [0.29, 0.717) is 13.2 Å². The van der Waals surface area contributed by atoms with Gasteiger partial charge in [0.05, 0.1) is 6.54 Å². The van der Waals surface area contributed by atoms with Crippen molar-refractivity contribution in [2.45, 2.75) is 20.3 Å². The van der Waals surface area contributed by atoms with Crippen LogP contribution >= 0.6 is 0 Å². The molecule has 0 aromatic heterocycles. The standard InChI is InChI=1S/C23H25NO2/c1-17-7-5-11-21(15-17)26-14-13-24-23(25)18(2)16-20-10-6-9-19-8-3-4-12-22(19)20/h3-12,15,18H,13-14,16H2,1-2H3,(H,24,25)/t18-/m0/s1. The molecule has 1 amide bonds. The number of carbonyl (C=O) groups is 1. The first-order valence-corrected chi connectivity index (χ1v) is 9.07. The Balaban J connectivity index is 1.50. The third-order valence-electron chi connectivity index (χ3n) is 4.51. The van der Waals surface area contributed by atoms with Gasteiger partial charge < -0.3 is 10.1 Å². The van der Waals surface area contributed by atoms with Gasteiger partial charge in [-0.1, -0.05) is 61.5 Å². The first-order chi connectivity index (χ1) is 12.6. The summed E-state index contributed by atoms with van der Waals surface area (Å²) in [6, 6.07) is 22.5. The SMILES string of the molecule is Cc1cccc(OCCNC(=O)[C@@H](C)Cc2cccc3ccccc23)c1. The first-order valence-electron chi connectivity index (χ1n) is 9.07. The fraction of sp³-hybridized carbons (Fsp3) is 0.261. The van der Waals surface area contributed by atoms with Gasteiger partial charge in [-0.3, -0.25) is 4.79 Å². The summed E-state index contributed by atoms with van der Waals surface area (Å²) in [5, 5.41) is 5.40. The molecule has 0 spiro atoms. The molecule has 0 aliphatic carbocycles. The van der Waals surface area contributed by atoms with Gasteiger partial charge in [0.25, 0.3) is 0 Å². The van der Waals surface area contributed by atoms with Crippen molar-refractivity contribution in [1.29, 1.82) is 0 Å². The van der Waals surface area contributed by atoms with E-state index in [9.17, 15) is 4.79 Å². The van der Waals surface area contributed by atoms with Crippen LogP contribution < -0.4 is 10.1 Å². The lowest BCUT2D eigenvalue weighted by atomic mass is 9.95. The van der Waals surface area contributed by atoms with E-state index < -0.39 is 0 Å². The van der Waals surface area contributed by atoms with Crippen molar-refractivity contribution in [2.24, 2.45) is 5.92 Å². The molecule has 3 heteroatoms.